The number of carbonyl (C=O) groups excluding carboxylic acids is 1. The van der Waals surface area contributed by atoms with Crippen LogP contribution >= 0.6 is 11.6 Å². The van der Waals surface area contributed by atoms with Gasteiger partial charge in [-0.25, -0.2) is 9.18 Å². The van der Waals surface area contributed by atoms with E-state index in [0.29, 0.717) is 6.42 Å². The first kappa shape index (κ1) is 13.8. The standard InChI is InChI=1S/C12H11ClFNO4/c13-6-3-7(14)5-8(4-6)15-11(16)9-1-2-10(19-9)12(17)18/h3-5,9-10H,1-2H2,(H,15,16)(H,17,18)/t9-,10+/m0/s1. The molecule has 0 saturated carbocycles. The van der Waals surface area contributed by atoms with Gasteiger partial charge in [0.2, 0.25) is 0 Å². The summed E-state index contributed by atoms with van der Waals surface area (Å²) in [5.74, 6) is -2.17. The molecule has 2 rings (SSSR count). The van der Waals surface area contributed by atoms with Crippen molar-refractivity contribution in [3.05, 3.63) is 29.0 Å². The van der Waals surface area contributed by atoms with Gasteiger partial charge in [-0.15, -0.1) is 0 Å². The molecule has 2 atom stereocenters. The minimum absolute atomic E-state index is 0.158. The Bertz CT molecular complexity index is 502. The molecule has 0 aromatic heterocycles. The predicted molar refractivity (Wildman–Crippen MR) is 65.6 cm³/mol. The fraction of sp³-hybridized carbons (Fsp3) is 0.333. The van der Waals surface area contributed by atoms with Crippen LogP contribution in [0.2, 0.25) is 5.02 Å². The number of nitrogens with one attached hydrogen (secondary N) is 1. The summed E-state index contributed by atoms with van der Waals surface area (Å²) >= 11 is 5.66. The quantitative estimate of drug-likeness (QED) is 0.892. The third-order valence-corrected chi connectivity index (χ3v) is 2.94. The zero-order valence-electron chi connectivity index (χ0n) is 9.73. The van der Waals surface area contributed by atoms with E-state index in [0.717, 1.165) is 12.1 Å². The summed E-state index contributed by atoms with van der Waals surface area (Å²) in [6.45, 7) is 0. The Morgan fingerprint density at radius 2 is 2.00 bits per heavy atom. The Morgan fingerprint density at radius 1 is 1.32 bits per heavy atom. The molecule has 1 aromatic carbocycles. The Labute approximate surface area is 113 Å². The zero-order chi connectivity index (χ0) is 14.0. The van der Waals surface area contributed by atoms with E-state index in [1.165, 1.54) is 6.07 Å². The minimum atomic E-state index is -1.09. The molecule has 7 heteroatoms. The second kappa shape index (κ2) is 5.54. The van der Waals surface area contributed by atoms with Gasteiger partial charge in [-0.2, -0.15) is 0 Å². The third kappa shape index (κ3) is 3.42. The number of carbonyl (C=O) groups is 2. The summed E-state index contributed by atoms with van der Waals surface area (Å²) in [5.41, 5.74) is 0.206. The van der Waals surface area contributed by atoms with Crippen LogP contribution in [0.5, 0.6) is 0 Å². The summed E-state index contributed by atoms with van der Waals surface area (Å²) in [4.78, 5) is 22.5. The number of anilines is 1. The number of hydrogen-bond acceptors (Lipinski definition) is 3. The largest absolute Gasteiger partial charge is 0.479 e. The Kier molecular flexibility index (Phi) is 4.01. The second-order valence-electron chi connectivity index (χ2n) is 4.18. The van der Waals surface area contributed by atoms with E-state index in [2.05, 4.69) is 5.32 Å². The SMILES string of the molecule is O=C(Nc1cc(F)cc(Cl)c1)[C@@H]1CC[C@H](C(=O)O)O1. The molecule has 1 amide bonds. The lowest BCUT2D eigenvalue weighted by Crippen LogP contribution is -2.29. The summed E-state index contributed by atoms with van der Waals surface area (Å²) in [6.07, 6.45) is -1.22. The number of benzene rings is 1. The number of halogens is 2. The Morgan fingerprint density at radius 3 is 2.58 bits per heavy atom. The van der Waals surface area contributed by atoms with Crippen LogP contribution in [0.3, 0.4) is 0 Å². The number of aliphatic carboxylic acids is 1. The molecule has 0 bridgehead atoms. The van der Waals surface area contributed by atoms with Gasteiger partial charge in [0.05, 0.1) is 0 Å². The molecule has 1 heterocycles. The van der Waals surface area contributed by atoms with Gasteiger partial charge in [-0.05, 0) is 31.0 Å². The maximum Gasteiger partial charge on any atom is 0.332 e. The molecule has 1 aliphatic heterocycles. The van der Waals surface area contributed by atoms with Crippen molar-refractivity contribution in [3.63, 3.8) is 0 Å². The van der Waals surface area contributed by atoms with Crippen molar-refractivity contribution in [3.8, 4) is 0 Å². The summed E-state index contributed by atoms with van der Waals surface area (Å²) < 4.78 is 18.2. The number of rotatable bonds is 3. The first-order valence-electron chi connectivity index (χ1n) is 5.61. The fourth-order valence-corrected chi connectivity index (χ4v) is 2.08. The highest BCUT2D eigenvalue weighted by Gasteiger charge is 2.34. The van der Waals surface area contributed by atoms with Crippen LogP contribution in [-0.2, 0) is 14.3 Å². The monoisotopic (exact) mass is 287 g/mol. The molecule has 1 aliphatic rings. The van der Waals surface area contributed by atoms with Gasteiger partial charge in [0.15, 0.2) is 6.10 Å². The smallest absolute Gasteiger partial charge is 0.332 e. The summed E-state index contributed by atoms with van der Waals surface area (Å²) in [6, 6.07) is 3.63. The number of carboxylic acids is 1. The Hall–Kier alpha value is -1.66. The number of amides is 1. The molecule has 0 radical (unpaired) electrons. The molecule has 1 fully saturated rings. The molecule has 2 N–H and O–H groups in total. The molecule has 0 spiro atoms. The van der Waals surface area contributed by atoms with Gasteiger partial charge in [-0.3, -0.25) is 4.79 Å². The topological polar surface area (TPSA) is 75.6 Å². The van der Waals surface area contributed by atoms with E-state index in [-0.39, 0.29) is 17.1 Å². The fourth-order valence-electron chi connectivity index (χ4n) is 1.86. The predicted octanol–water partition coefficient (Wildman–Crippen LogP) is 2.05. The molecule has 1 aromatic rings. The van der Waals surface area contributed by atoms with Gasteiger partial charge in [0.1, 0.15) is 11.9 Å². The van der Waals surface area contributed by atoms with Gasteiger partial charge >= 0.3 is 5.97 Å². The highest BCUT2D eigenvalue weighted by Crippen LogP contribution is 2.23. The summed E-state index contributed by atoms with van der Waals surface area (Å²) in [5, 5.41) is 11.4. The van der Waals surface area contributed by atoms with Crippen LogP contribution in [0.4, 0.5) is 10.1 Å². The lowest BCUT2D eigenvalue weighted by atomic mass is 10.2. The molecular weight excluding hydrogens is 277 g/mol. The van der Waals surface area contributed by atoms with Crippen LogP contribution in [0.1, 0.15) is 12.8 Å². The molecule has 102 valence electrons. The van der Waals surface area contributed by atoms with Crippen molar-refractivity contribution in [2.75, 3.05) is 5.32 Å². The zero-order valence-corrected chi connectivity index (χ0v) is 10.5. The van der Waals surface area contributed by atoms with Gasteiger partial charge in [0, 0.05) is 10.7 Å². The van der Waals surface area contributed by atoms with E-state index >= 15 is 0 Å². The van der Waals surface area contributed by atoms with E-state index < -0.39 is 29.9 Å². The van der Waals surface area contributed by atoms with Gasteiger partial charge in [0.25, 0.3) is 5.91 Å². The summed E-state index contributed by atoms with van der Waals surface area (Å²) in [7, 11) is 0. The van der Waals surface area contributed by atoms with Crippen molar-refractivity contribution in [1.29, 1.82) is 0 Å². The van der Waals surface area contributed by atoms with E-state index in [9.17, 15) is 14.0 Å². The van der Waals surface area contributed by atoms with Gasteiger partial charge < -0.3 is 15.2 Å². The van der Waals surface area contributed by atoms with Crippen molar-refractivity contribution < 1.29 is 23.8 Å². The lowest BCUT2D eigenvalue weighted by molar-refractivity contribution is -0.150. The van der Waals surface area contributed by atoms with Crippen LogP contribution in [0.25, 0.3) is 0 Å². The van der Waals surface area contributed by atoms with Crippen LogP contribution < -0.4 is 5.32 Å². The van der Waals surface area contributed by atoms with Gasteiger partial charge in [-0.1, -0.05) is 11.6 Å². The minimum Gasteiger partial charge on any atom is -0.479 e. The lowest BCUT2D eigenvalue weighted by Gasteiger charge is -2.12. The molecule has 0 aliphatic carbocycles. The van der Waals surface area contributed by atoms with E-state index in [1.54, 1.807) is 0 Å². The normalized spacial score (nSPS) is 22.2. The maximum atomic E-state index is 13.1. The molecule has 1 saturated heterocycles. The van der Waals surface area contributed by atoms with Crippen LogP contribution in [-0.4, -0.2) is 29.2 Å². The van der Waals surface area contributed by atoms with Crippen molar-refractivity contribution in [2.45, 2.75) is 25.0 Å². The average molecular weight is 288 g/mol. The number of hydrogen-bond donors (Lipinski definition) is 2. The number of carboxylic acid groups (broad SMARTS) is 1. The first-order valence-corrected chi connectivity index (χ1v) is 5.99. The van der Waals surface area contributed by atoms with Crippen molar-refractivity contribution in [2.24, 2.45) is 0 Å². The molecule has 19 heavy (non-hydrogen) atoms. The maximum absolute atomic E-state index is 13.1. The van der Waals surface area contributed by atoms with Crippen molar-refractivity contribution >= 4 is 29.2 Å². The van der Waals surface area contributed by atoms with Crippen LogP contribution in [0.15, 0.2) is 18.2 Å². The Balaban J connectivity index is 2.00. The second-order valence-corrected chi connectivity index (χ2v) is 4.61. The average Bonchev–Trinajstić information content (AvgIpc) is 2.76. The molecular formula is C12H11ClFNO4. The molecule has 5 nitrogen and oxygen atoms in total. The van der Waals surface area contributed by atoms with E-state index in [4.69, 9.17) is 21.4 Å². The first-order chi connectivity index (χ1) is 8.95. The van der Waals surface area contributed by atoms with E-state index in [1.807, 2.05) is 0 Å². The highest BCUT2D eigenvalue weighted by molar-refractivity contribution is 6.30. The highest BCUT2D eigenvalue weighted by atomic mass is 35.5. The number of ether oxygens (including phenoxy) is 1. The van der Waals surface area contributed by atoms with Crippen molar-refractivity contribution in [1.82, 2.24) is 0 Å². The van der Waals surface area contributed by atoms with Crippen LogP contribution in [0, 0.1) is 5.82 Å². The third-order valence-electron chi connectivity index (χ3n) is 2.72. The molecule has 0 unspecified atom stereocenters.